The zero-order valence-electron chi connectivity index (χ0n) is 7.48. The van der Waals surface area contributed by atoms with E-state index in [-0.39, 0.29) is 0 Å². The molecule has 1 aromatic rings. The Bertz CT molecular complexity index is 422. The van der Waals surface area contributed by atoms with Gasteiger partial charge >= 0.3 is 5.97 Å². The molecule has 0 radical (unpaired) electrons. The number of esters is 1. The van der Waals surface area contributed by atoms with E-state index < -0.39 is 12.1 Å². The monoisotopic (exact) mass is 205 g/mol. The Hall–Kier alpha value is -1.78. The summed E-state index contributed by atoms with van der Waals surface area (Å²) >= 11 is 1.17. The van der Waals surface area contributed by atoms with E-state index in [1.165, 1.54) is 11.3 Å². The van der Waals surface area contributed by atoms with Gasteiger partial charge in [0.2, 0.25) is 0 Å². The van der Waals surface area contributed by atoms with E-state index in [0.717, 1.165) is 0 Å². The lowest BCUT2D eigenvalue weighted by molar-refractivity contribution is 0.0444. The van der Waals surface area contributed by atoms with Crippen molar-refractivity contribution < 1.29 is 9.53 Å². The van der Waals surface area contributed by atoms with E-state index in [1.807, 2.05) is 6.07 Å². The molecular formula is C10H7NO2S. The number of ether oxygens (including phenoxy) is 1. The SMILES string of the molecule is C#CC(C)OC(=O)c1sccc1C#N. The van der Waals surface area contributed by atoms with E-state index in [1.54, 1.807) is 18.4 Å². The van der Waals surface area contributed by atoms with Gasteiger partial charge in [0.1, 0.15) is 10.9 Å². The summed E-state index contributed by atoms with van der Waals surface area (Å²) in [6.45, 7) is 1.59. The van der Waals surface area contributed by atoms with Gasteiger partial charge in [-0.1, -0.05) is 5.92 Å². The number of rotatable bonds is 2. The van der Waals surface area contributed by atoms with Gasteiger partial charge in [-0.25, -0.2) is 4.79 Å². The molecule has 1 unspecified atom stereocenters. The van der Waals surface area contributed by atoms with Gasteiger partial charge in [0.05, 0.1) is 5.56 Å². The predicted octanol–water partition coefficient (Wildman–Crippen LogP) is 1.80. The summed E-state index contributed by atoms with van der Waals surface area (Å²) in [6.07, 6.45) is 4.48. The molecule has 0 bridgehead atoms. The molecule has 0 saturated carbocycles. The number of carbonyl (C=O) groups is 1. The first-order valence-electron chi connectivity index (χ1n) is 3.83. The minimum absolute atomic E-state index is 0.301. The van der Waals surface area contributed by atoms with Gasteiger partial charge in [-0.3, -0.25) is 0 Å². The maximum atomic E-state index is 11.4. The smallest absolute Gasteiger partial charge is 0.350 e. The van der Waals surface area contributed by atoms with E-state index in [4.69, 9.17) is 16.4 Å². The zero-order valence-corrected chi connectivity index (χ0v) is 8.30. The Morgan fingerprint density at radius 3 is 3.07 bits per heavy atom. The van der Waals surface area contributed by atoms with Crippen LogP contribution in [0.25, 0.3) is 0 Å². The Labute approximate surface area is 85.9 Å². The molecule has 1 rings (SSSR count). The Kier molecular flexibility index (Phi) is 3.28. The summed E-state index contributed by atoms with van der Waals surface area (Å²) in [7, 11) is 0. The molecule has 0 aliphatic carbocycles. The highest BCUT2D eigenvalue weighted by molar-refractivity contribution is 7.12. The number of nitrogens with zero attached hydrogens (tertiary/aromatic N) is 1. The van der Waals surface area contributed by atoms with Crippen molar-refractivity contribution in [1.29, 1.82) is 5.26 Å². The number of terminal acetylenes is 1. The van der Waals surface area contributed by atoms with Crippen molar-refractivity contribution >= 4 is 17.3 Å². The Morgan fingerprint density at radius 2 is 2.50 bits per heavy atom. The molecule has 1 atom stereocenters. The van der Waals surface area contributed by atoms with Crippen LogP contribution in [0, 0.1) is 23.7 Å². The lowest BCUT2D eigenvalue weighted by atomic mass is 10.3. The maximum Gasteiger partial charge on any atom is 0.350 e. The maximum absolute atomic E-state index is 11.4. The molecule has 0 saturated heterocycles. The van der Waals surface area contributed by atoms with E-state index >= 15 is 0 Å². The highest BCUT2D eigenvalue weighted by Crippen LogP contribution is 2.17. The van der Waals surface area contributed by atoms with Crippen LogP contribution in [0.4, 0.5) is 0 Å². The van der Waals surface area contributed by atoms with E-state index in [9.17, 15) is 4.79 Å². The summed E-state index contributed by atoms with van der Waals surface area (Å²) in [4.78, 5) is 11.7. The lowest BCUT2D eigenvalue weighted by Gasteiger charge is -2.05. The molecule has 0 aliphatic heterocycles. The summed E-state index contributed by atoms with van der Waals surface area (Å²) in [5.74, 6) is 1.73. The van der Waals surface area contributed by atoms with Crippen LogP contribution in [-0.4, -0.2) is 12.1 Å². The standard InChI is InChI=1S/C10H7NO2S/c1-3-7(2)13-10(12)9-8(6-11)4-5-14-9/h1,4-5,7H,2H3. The number of hydrogen-bond donors (Lipinski definition) is 0. The summed E-state index contributed by atoms with van der Waals surface area (Å²) in [5, 5.41) is 10.3. The van der Waals surface area contributed by atoms with Gasteiger partial charge in [0.15, 0.2) is 6.10 Å². The predicted molar refractivity (Wildman–Crippen MR) is 52.7 cm³/mol. The minimum Gasteiger partial charge on any atom is -0.445 e. The first-order valence-corrected chi connectivity index (χ1v) is 4.71. The summed E-state index contributed by atoms with van der Waals surface area (Å²) in [5.41, 5.74) is 0.323. The molecule has 3 nitrogen and oxygen atoms in total. The number of nitriles is 1. The van der Waals surface area contributed by atoms with Crippen molar-refractivity contribution in [3.63, 3.8) is 0 Å². The van der Waals surface area contributed by atoms with Crippen molar-refractivity contribution in [1.82, 2.24) is 0 Å². The van der Waals surface area contributed by atoms with Gasteiger partial charge in [-0.15, -0.1) is 17.8 Å². The van der Waals surface area contributed by atoms with Crippen molar-refractivity contribution in [2.45, 2.75) is 13.0 Å². The third kappa shape index (κ3) is 2.12. The fourth-order valence-electron chi connectivity index (χ4n) is 0.803. The second kappa shape index (κ2) is 4.45. The highest BCUT2D eigenvalue weighted by atomic mass is 32.1. The van der Waals surface area contributed by atoms with Crippen LogP contribution in [0.3, 0.4) is 0 Å². The van der Waals surface area contributed by atoms with Crippen molar-refractivity contribution in [2.75, 3.05) is 0 Å². The van der Waals surface area contributed by atoms with Gasteiger partial charge in [-0.05, 0) is 18.4 Å². The highest BCUT2D eigenvalue weighted by Gasteiger charge is 2.16. The van der Waals surface area contributed by atoms with Crippen LogP contribution < -0.4 is 0 Å². The molecule has 1 heterocycles. The lowest BCUT2D eigenvalue weighted by Crippen LogP contribution is -2.12. The van der Waals surface area contributed by atoms with Crippen LogP contribution in [0.5, 0.6) is 0 Å². The zero-order chi connectivity index (χ0) is 10.6. The molecule has 70 valence electrons. The minimum atomic E-state index is -0.573. The van der Waals surface area contributed by atoms with E-state index in [0.29, 0.717) is 10.4 Å². The van der Waals surface area contributed by atoms with Crippen LogP contribution in [0.1, 0.15) is 22.2 Å². The molecule has 0 spiro atoms. The van der Waals surface area contributed by atoms with Gasteiger partial charge < -0.3 is 4.74 Å². The fourth-order valence-corrected chi connectivity index (χ4v) is 1.53. The summed E-state index contributed by atoms with van der Waals surface area (Å²) < 4.78 is 4.87. The Morgan fingerprint density at radius 1 is 1.79 bits per heavy atom. The number of carbonyl (C=O) groups excluding carboxylic acids is 1. The quantitative estimate of drug-likeness (QED) is 0.546. The number of thiophene rings is 1. The molecule has 0 fully saturated rings. The molecule has 14 heavy (non-hydrogen) atoms. The van der Waals surface area contributed by atoms with Crippen LogP contribution in [-0.2, 0) is 4.74 Å². The molecule has 1 aromatic heterocycles. The molecule has 0 N–H and O–H groups in total. The fraction of sp³-hybridized carbons (Fsp3) is 0.200. The van der Waals surface area contributed by atoms with Crippen LogP contribution in [0.15, 0.2) is 11.4 Å². The third-order valence-corrected chi connectivity index (χ3v) is 2.38. The van der Waals surface area contributed by atoms with Gasteiger partial charge in [-0.2, -0.15) is 5.26 Å². The average molecular weight is 205 g/mol. The topological polar surface area (TPSA) is 50.1 Å². The third-order valence-electron chi connectivity index (χ3n) is 1.49. The number of hydrogen-bond acceptors (Lipinski definition) is 4. The molecule has 0 aromatic carbocycles. The second-order valence-corrected chi connectivity index (χ2v) is 3.41. The first-order chi connectivity index (χ1) is 6.69. The normalized spacial score (nSPS) is 11.1. The first kappa shape index (κ1) is 10.3. The molecular weight excluding hydrogens is 198 g/mol. The largest absolute Gasteiger partial charge is 0.445 e. The molecule has 0 amide bonds. The Balaban J connectivity index is 2.82. The summed E-state index contributed by atoms with van der Waals surface area (Å²) in [6, 6.07) is 3.48. The van der Waals surface area contributed by atoms with Crippen molar-refractivity contribution in [3.8, 4) is 18.4 Å². The van der Waals surface area contributed by atoms with Gasteiger partial charge in [0, 0.05) is 0 Å². The van der Waals surface area contributed by atoms with Crippen LogP contribution in [0.2, 0.25) is 0 Å². The van der Waals surface area contributed by atoms with Gasteiger partial charge in [0.25, 0.3) is 0 Å². The van der Waals surface area contributed by atoms with E-state index in [2.05, 4.69) is 5.92 Å². The second-order valence-electron chi connectivity index (χ2n) is 2.49. The molecule has 4 heteroatoms. The molecule has 0 aliphatic rings. The van der Waals surface area contributed by atoms with Crippen LogP contribution >= 0.6 is 11.3 Å². The van der Waals surface area contributed by atoms with Crippen molar-refractivity contribution in [2.24, 2.45) is 0 Å². The van der Waals surface area contributed by atoms with Crippen molar-refractivity contribution in [3.05, 3.63) is 21.9 Å². The average Bonchev–Trinajstić information content (AvgIpc) is 2.65.